The van der Waals surface area contributed by atoms with Gasteiger partial charge in [0, 0.05) is 12.2 Å². The normalized spacial score (nSPS) is 10.1. The maximum absolute atomic E-state index is 9.37. The summed E-state index contributed by atoms with van der Waals surface area (Å²) < 4.78 is 0. The zero-order valence-electron chi connectivity index (χ0n) is 15.9. The third kappa shape index (κ3) is 5.22. The summed E-state index contributed by atoms with van der Waals surface area (Å²) in [6, 6.07) is 28.7. The third-order valence-electron chi connectivity index (χ3n) is 4.81. The highest BCUT2D eigenvalue weighted by molar-refractivity contribution is 5.61. The Morgan fingerprint density at radius 2 is 1.25 bits per heavy atom. The summed E-state index contributed by atoms with van der Waals surface area (Å²) in [5.41, 5.74) is 5.52. The topological polar surface area (TPSA) is 59.6 Å². The van der Waals surface area contributed by atoms with Gasteiger partial charge in [-0.25, -0.2) is 0 Å². The molecule has 0 atom stereocenters. The van der Waals surface area contributed by atoms with E-state index in [1.165, 1.54) is 11.1 Å². The van der Waals surface area contributed by atoms with Crippen molar-refractivity contribution in [3.8, 4) is 12.1 Å². The summed E-state index contributed by atoms with van der Waals surface area (Å²) >= 11 is 0. The second-order valence-corrected chi connectivity index (χ2v) is 6.78. The number of nitrogens with one attached hydrogen (secondary N) is 1. The number of benzene rings is 3. The highest BCUT2D eigenvalue weighted by Crippen LogP contribution is 2.23. The van der Waals surface area contributed by atoms with E-state index in [0.717, 1.165) is 43.5 Å². The van der Waals surface area contributed by atoms with Gasteiger partial charge in [0.25, 0.3) is 0 Å². The molecule has 0 fully saturated rings. The van der Waals surface area contributed by atoms with E-state index in [9.17, 15) is 10.5 Å². The van der Waals surface area contributed by atoms with Crippen LogP contribution >= 0.6 is 0 Å². The highest BCUT2D eigenvalue weighted by Gasteiger charge is 2.10. The van der Waals surface area contributed by atoms with E-state index in [2.05, 4.69) is 53.9 Å². The van der Waals surface area contributed by atoms with E-state index in [4.69, 9.17) is 0 Å². The Morgan fingerprint density at radius 1 is 0.679 bits per heavy atom. The molecule has 138 valence electrons. The van der Waals surface area contributed by atoms with Gasteiger partial charge in [0.2, 0.25) is 0 Å². The predicted molar refractivity (Wildman–Crippen MR) is 113 cm³/mol. The van der Waals surface area contributed by atoms with Crippen LogP contribution in [-0.2, 0) is 19.3 Å². The van der Waals surface area contributed by atoms with Crippen LogP contribution in [0.2, 0.25) is 0 Å². The second-order valence-electron chi connectivity index (χ2n) is 6.78. The molecule has 3 heteroatoms. The lowest BCUT2D eigenvalue weighted by Gasteiger charge is -2.14. The maximum Gasteiger partial charge on any atom is 0.101 e. The van der Waals surface area contributed by atoms with Crippen LogP contribution in [-0.4, -0.2) is 6.54 Å². The van der Waals surface area contributed by atoms with E-state index in [-0.39, 0.29) is 0 Å². The number of nitrogens with zero attached hydrogens (tertiary/aromatic N) is 2. The molecule has 3 aromatic rings. The SMILES string of the molecule is N#Cc1cc(CCCc2ccccc2)c(NCCc2ccccc2)cc1C#N. The molecule has 0 amide bonds. The summed E-state index contributed by atoms with van der Waals surface area (Å²) in [5.74, 6) is 0. The first kappa shape index (κ1) is 19.2. The van der Waals surface area contributed by atoms with E-state index in [0.29, 0.717) is 11.1 Å². The van der Waals surface area contributed by atoms with Gasteiger partial charge in [-0.3, -0.25) is 0 Å². The molecule has 0 aromatic heterocycles. The third-order valence-corrected chi connectivity index (χ3v) is 4.81. The summed E-state index contributed by atoms with van der Waals surface area (Å²) in [6.07, 6.45) is 3.76. The molecule has 3 nitrogen and oxygen atoms in total. The van der Waals surface area contributed by atoms with E-state index in [1.807, 2.05) is 36.4 Å². The standard InChI is InChI=1S/C25H23N3/c26-18-23-16-22(13-7-12-20-8-3-1-4-9-20)25(17-24(23)19-27)28-15-14-21-10-5-2-6-11-21/h1-6,8-11,16-17,28H,7,12-15H2. The Morgan fingerprint density at radius 3 is 1.86 bits per heavy atom. The van der Waals surface area contributed by atoms with Crippen molar-refractivity contribution in [2.45, 2.75) is 25.7 Å². The van der Waals surface area contributed by atoms with Crippen LogP contribution in [0.15, 0.2) is 72.8 Å². The largest absolute Gasteiger partial charge is 0.384 e. The van der Waals surface area contributed by atoms with Crippen molar-refractivity contribution in [1.82, 2.24) is 0 Å². The summed E-state index contributed by atoms with van der Waals surface area (Å²) in [5, 5.41) is 22.2. The Balaban J connectivity index is 1.70. The minimum atomic E-state index is 0.427. The number of hydrogen-bond donors (Lipinski definition) is 1. The van der Waals surface area contributed by atoms with Crippen LogP contribution in [0.3, 0.4) is 0 Å². The van der Waals surface area contributed by atoms with Crippen molar-refractivity contribution in [3.05, 3.63) is 101 Å². The molecule has 0 aliphatic carbocycles. The number of hydrogen-bond acceptors (Lipinski definition) is 3. The molecule has 0 saturated heterocycles. The molecule has 0 saturated carbocycles. The molecule has 0 bridgehead atoms. The van der Waals surface area contributed by atoms with Crippen LogP contribution in [0.4, 0.5) is 5.69 Å². The minimum Gasteiger partial charge on any atom is -0.384 e. The summed E-state index contributed by atoms with van der Waals surface area (Å²) in [6.45, 7) is 0.784. The molecule has 0 unspecified atom stereocenters. The Labute approximate surface area is 166 Å². The Bertz CT molecular complexity index is 898. The van der Waals surface area contributed by atoms with Gasteiger partial charge in [0.05, 0.1) is 11.1 Å². The molecule has 0 heterocycles. The van der Waals surface area contributed by atoms with Crippen molar-refractivity contribution in [1.29, 1.82) is 10.5 Å². The first-order chi connectivity index (χ1) is 13.8. The first-order valence-corrected chi connectivity index (χ1v) is 9.59. The minimum absolute atomic E-state index is 0.427. The molecule has 28 heavy (non-hydrogen) atoms. The molecule has 1 N–H and O–H groups in total. The van der Waals surface area contributed by atoms with Crippen molar-refractivity contribution in [2.24, 2.45) is 0 Å². The predicted octanol–water partition coefficient (Wildman–Crippen LogP) is 5.26. The fourth-order valence-electron chi connectivity index (χ4n) is 3.31. The molecule has 3 rings (SSSR count). The number of rotatable bonds is 8. The number of nitriles is 2. The van der Waals surface area contributed by atoms with Crippen LogP contribution in [0.5, 0.6) is 0 Å². The monoisotopic (exact) mass is 365 g/mol. The van der Waals surface area contributed by atoms with Gasteiger partial charge in [-0.1, -0.05) is 60.7 Å². The lowest BCUT2D eigenvalue weighted by Crippen LogP contribution is -2.08. The first-order valence-electron chi connectivity index (χ1n) is 9.59. The van der Waals surface area contributed by atoms with Gasteiger partial charge in [-0.05, 0) is 54.5 Å². The van der Waals surface area contributed by atoms with E-state index < -0.39 is 0 Å². The van der Waals surface area contributed by atoms with Gasteiger partial charge < -0.3 is 5.32 Å². The van der Waals surface area contributed by atoms with Crippen LogP contribution in [0, 0.1) is 22.7 Å². The zero-order valence-corrected chi connectivity index (χ0v) is 15.9. The average Bonchev–Trinajstić information content (AvgIpc) is 2.75. The average molecular weight is 365 g/mol. The van der Waals surface area contributed by atoms with Gasteiger partial charge in [-0.2, -0.15) is 10.5 Å². The molecule has 0 aliphatic rings. The van der Waals surface area contributed by atoms with Gasteiger partial charge in [0.1, 0.15) is 12.1 Å². The quantitative estimate of drug-likeness (QED) is 0.592. The second kappa shape index (κ2) is 9.95. The van der Waals surface area contributed by atoms with Crippen LogP contribution in [0.1, 0.15) is 34.2 Å². The maximum atomic E-state index is 9.37. The highest BCUT2D eigenvalue weighted by atomic mass is 14.9. The number of aryl methyl sites for hydroxylation is 2. The summed E-state index contributed by atoms with van der Waals surface area (Å²) in [4.78, 5) is 0. The Kier molecular flexibility index (Phi) is 6.83. The van der Waals surface area contributed by atoms with Crippen LogP contribution in [0.25, 0.3) is 0 Å². The van der Waals surface area contributed by atoms with Crippen molar-refractivity contribution in [2.75, 3.05) is 11.9 Å². The van der Waals surface area contributed by atoms with Crippen molar-refractivity contribution >= 4 is 5.69 Å². The lowest BCUT2D eigenvalue weighted by molar-refractivity contribution is 0.820. The molecule has 3 aromatic carbocycles. The molecule has 0 aliphatic heterocycles. The fraction of sp³-hybridized carbons (Fsp3) is 0.200. The Hall–Kier alpha value is -3.56. The van der Waals surface area contributed by atoms with Crippen molar-refractivity contribution < 1.29 is 0 Å². The van der Waals surface area contributed by atoms with Crippen LogP contribution < -0.4 is 5.32 Å². The van der Waals surface area contributed by atoms with Crippen molar-refractivity contribution in [3.63, 3.8) is 0 Å². The van der Waals surface area contributed by atoms with E-state index in [1.54, 1.807) is 0 Å². The van der Waals surface area contributed by atoms with Gasteiger partial charge >= 0.3 is 0 Å². The molecule has 0 spiro atoms. The smallest absolute Gasteiger partial charge is 0.101 e. The molecular formula is C25H23N3. The molecular weight excluding hydrogens is 342 g/mol. The van der Waals surface area contributed by atoms with Gasteiger partial charge in [-0.15, -0.1) is 0 Å². The lowest BCUT2D eigenvalue weighted by atomic mass is 9.98. The van der Waals surface area contributed by atoms with Gasteiger partial charge in [0.15, 0.2) is 0 Å². The number of anilines is 1. The summed E-state index contributed by atoms with van der Waals surface area (Å²) in [7, 11) is 0. The fourth-order valence-corrected chi connectivity index (χ4v) is 3.31. The molecule has 0 radical (unpaired) electrons. The zero-order chi connectivity index (χ0) is 19.6. The van der Waals surface area contributed by atoms with E-state index >= 15 is 0 Å².